The van der Waals surface area contributed by atoms with Crippen molar-refractivity contribution in [1.82, 2.24) is 10.3 Å². The van der Waals surface area contributed by atoms with Crippen LogP contribution in [0.2, 0.25) is 0 Å². The number of aromatic nitrogens is 1. The van der Waals surface area contributed by atoms with Crippen LogP contribution in [0.1, 0.15) is 42.6 Å². The van der Waals surface area contributed by atoms with Gasteiger partial charge in [0.2, 0.25) is 0 Å². The molecule has 0 radical (unpaired) electrons. The van der Waals surface area contributed by atoms with Crippen LogP contribution in [0.3, 0.4) is 0 Å². The number of carbonyl (C=O) groups excluding carboxylic acids is 1. The number of nitrogens with zero attached hydrogens (tertiary/aromatic N) is 2. The highest BCUT2D eigenvalue weighted by Crippen LogP contribution is 2.31. The minimum absolute atomic E-state index is 0.0144. The number of hydrogen-bond acceptors (Lipinski definition) is 6. The second-order valence-corrected chi connectivity index (χ2v) is 8.93. The van der Waals surface area contributed by atoms with E-state index in [9.17, 15) is 4.79 Å². The highest BCUT2D eigenvalue weighted by molar-refractivity contribution is 7.99. The SMILES string of the molecule is CCSc1nc(N2CCOCC2)cc(C)c1C(=O)NCCCC1(C)COC1. The van der Waals surface area contributed by atoms with E-state index in [2.05, 4.69) is 24.1 Å². The molecule has 0 bridgehead atoms. The first-order valence-corrected chi connectivity index (χ1v) is 10.8. The van der Waals surface area contributed by atoms with Gasteiger partial charge in [0, 0.05) is 25.0 Å². The predicted molar refractivity (Wildman–Crippen MR) is 109 cm³/mol. The Hall–Kier alpha value is -1.31. The molecule has 1 N–H and O–H groups in total. The molecule has 1 amide bonds. The molecule has 0 spiro atoms. The van der Waals surface area contributed by atoms with Crippen LogP contribution in [0, 0.1) is 12.3 Å². The molecule has 3 rings (SSSR count). The molecule has 27 heavy (non-hydrogen) atoms. The van der Waals surface area contributed by atoms with Gasteiger partial charge in [0.15, 0.2) is 0 Å². The summed E-state index contributed by atoms with van der Waals surface area (Å²) in [6.07, 6.45) is 2.05. The molecule has 2 fully saturated rings. The van der Waals surface area contributed by atoms with E-state index in [0.717, 1.165) is 80.1 Å². The summed E-state index contributed by atoms with van der Waals surface area (Å²) >= 11 is 1.63. The Bertz CT molecular complexity index is 658. The monoisotopic (exact) mass is 393 g/mol. The first-order valence-electron chi connectivity index (χ1n) is 9.85. The van der Waals surface area contributed by atoms with Gasteiger partial charge in [0.05, 0.1) is 32.0 Å². The second kappa shape index (κ2) is 9.26. The van der Waals surface area contributed by atoms with Crippen LogP contribution in [0.15, 0.2) is 11.1 Å². The lowest BCUT2D eigenvalue weighted by atomic mass is 9.84. The number of nitrogens with one attached hydrogen (secondary N) is 1. The fraction of sp³-hybridized carbons (Fsp3) is 0.700. The Morgan fingerprint density at radius 3 is 2.70 bits per heavy atom. The first-order chi connectivity index (χ1) is 13.0. The number of anilines is 1. The molecule has 0 aliphatic carbocycles. The zero-order valence-electron chi connectivity index (χ0n) is 16.7. The van der Waals surface area contributed by atoms with Crippen molar-refractivity contribution in [3.05, 3.63) is 17.2 Å². The average Bonchev–Trinajstić information content (AvgIpc) is 2.64. The Morgan fingerprint density at radius 2 is 2.07 bits per heavy atom. The maximum atomic E-state index is 12.8. The van der Waals surface area contributed by atoms with Crippen LogP contribution in [0.25, 0.3) is 0 Å². The van der Waals surface area contributed by atoms with Crippen LogP contribution in [0.5, 0.6) is 0 Å². The van der Waals surface area contributed by atoms with Crippen molar-refractivity contribution < 1.29 is 14.3 Å². The first kappa shape index (κ1) is 20.4. The van der Waals surface area contributed by atoms with E-state index in [1.807, 2.05) is 13.0 Å². The van der Waals surface area contributed by atoms with Crippen molar-refractivity contribution >= 4 is 23.5 Å². The summed E-state index contributed by atoms with van der Waals surface area (Å²) in [6, 6.07) is 2.03. The molecule has 6 nitrogen and oxygen atoms in total. The van der Waals surface area contributed by atoms with Gasteiger partial charge in [0.1, 0.15) is 10.8 Å². The quantitative estimate of drug-likeness (QED) is 0.541. The molecule has 0 saturated carbocycles. The van der Waals surface area contributed by atoms with Crippen molar-refractivity contribution in [1.29, 1.82) is 0 Å². The van der Waals surface area contributed by atoms with Gasteiger partial charge in [-0.2, -0.15) is 0 Å². The fourth-order valence-electron chi connectivity index (χ4n) is 3.50. The van der Waals surface area contributed by atoms with Gasteiger partial charge in [-0.3, -0.25) is 4.79 Å². The van der Waals surface area contributed by atoms with Gasteiger partial charge in [0.25, 0.3) is 5.91 Å². The van der Waals surface area contributed by atoms with Gasteiger partial charge < -0.3 is 19.7 Å². The summed E-state index contributed by atoms with van der Waals surface area (Å²) in [5.41, 5.74) is 2.00. The molecule has 0 aromatic carbocycles. The minimum atomic E-state index is -0.0144. The van der Waals surface area contributed by atoms with Crippen LogP contribution in [-0.4, -0.2) is 62.7 Å². The smallest absolute Gasteiger partial charge is 0.254 e. The van der Waals surface area contributed by atoms with E-state index in [-0.39, 0.29) is 5.91 Å². The Labute approximate surface area is 166 Å². The summed E-state index contributed by atoms with van der Waals surface area (Å²) in [4.78, 5) is 19.9. The third-order valence-corrected chi connectivity index (χ3v) is 6.01. The van der Waals surface area contributed by atoms with E-state index >= 15 is 0 Å². The topological polar surface area (TPSA) is 63.7 Å². The third-order valence-electron chi connectivity index (χ3n) is 5.16. The Morgan fingerprint density at radius 1 is 1.33 bits per heavy atom. The number of hydrogen-bond donors (Lipinski definition) is 1. The standard InChI is InChI=1S/C20H31N3O3S/c1-4-27-19-17(18(24)21-7-5-6-20(3)13-26-14-20)15(2)12-16(22-19)23-8-10-25-11-9-23/h12H,4-11,13-14H2,1-3H3,(H,21,24). The molecule has 0 atom stereocenters. The van der Waals surface area contributed by atoms with E-state index in [0.29, 0.717) is 12.0 Å². The summed E-state index contributed by atoms with van der Waals surface area (Å²) < 4.78 is 10.7. The number of morpholine rings is 1. The molecular weight excluding hydrogens is 362 g/mol. The molecule has 1 aromatic rings. The van der Waals surface area contributed by atoms with E-state index in [1.54, 1.807) is 11.8 Å². The molecule has 3 heterocycles. The van der Waals surface area contributed by atoms with Crippen LogP contribution >= 0.6 is 11.8 Å². The zero-order valence-corrected chi connectivity index (χ0v) is 17.5. The Balaban J connectivity index is 1.65. The summed E-state index contributed by atoms with van der Waals surface area (Å²) in [6.45, 7) is 11.8. The Kier molecular flexibility index (Phi) is 7.00. The van der Waals surface area contributed by atoms with E-state index in [1.165, 1.54) is 0 Å². The predicted octanol–water partition coefficient (Wildman–Crippen LogP) is 2.89. The van der Waals surface area contributed by atoms with Gasteiger partial charge in [-0.15, -0.1) is 11.8 Å². The number of amides is 1. The van der Waals surface area contributed by atoms with Gasteiger partial charge >= 0.3 is 0 Å². The fourth-order valence-corrected chi connectivity index (χ4v) is 4.33. The minimum Gasteiger partial charge on any atom is -0.380 e. The highest BCUT2D eigenvalue weighted by atomic mass is 32.2. The number of carbonyl (C=O) groups is 1. The summed E-state index contributed by atoms with van der Waals surface area (Å²) in [5.74, 6) is 1.82. The van der Waals surface area contributed by atoms with Crippen LogP contribution in [0.4, 0.5) is 5.82 Å². The third kappa shape index (κ3) is 5.15. The van der Waals surface area contributed by atoms with Gasteiger partial charge in [-0.25, -0.2) is 4.98 Å². The normalized spacial score (nSPS) is 18.9. The highest BCUT2D eigenvalue weighted by Gasteiger charge is 2.32. The molecular formula is C20H31N3O3S. The molecule has 7 heteroatoms. The molecule has 1 aromatic heterocycles. The molecule has 0 unspecified atom stereocenters. The van der Waals surface area contributed by atoms with Crippen molar-refractivity contribution in [3.8, 4) is 0 Å². The van der Waals surface area contributed by atoms with Gasteiger partial charge in [-0.05, 0) is 37.1 Å². The van der Waals surface area contributed by atoms with Crippen LogP contribution in [-0.2, 0) is 9.47 Å². The van der Waals surface area contributed by atoms with Crippen molar-refractivity contribution in [2.45, 2.75) is 38.6 Å². The number of rotatable bonds is 8. The number of thioether (sulfide) groups is 1. The lowest BCUT2D eigenvalue weighted by Crippen LogP contribution is -2.40. The summed E-state index contributed by atoms with van der Waals surface area (Å²) in [5, 5.41) is 3.92. The van der Waals surface area contributed by atoms with Gasteiger partial charge in [-0.1, -0.05) is 13.8 Å². The molecule has 2 aliphatic heterocycles. The van der Waals surface area contributed by atoms with Crippen molar-refractivity contribution in [2.75, 3.05) is 56.7 Å². The van der Waals surface area contributed by atoms with Crippen molar-refractivity contribution in [2.24, 2.45) is 5.41 Å². The lowest BCUT2D eigenvalue weighted by Gasteiger charge is -2.38. The number of pyridine rings is 1. The molecule has 2 saturated heterocycles. The average molecular weight is 394 g/mol. The van der Waals surface area contributed by atoms with Crippen LogP contribution < -0.4 is 10.2 Å². The van der Waals surface area contributed by atoms with E-state index < -0.39 is 0 Å². The number of ether oxygens (including phenoxy) is 2. The summed E-state index contributed by atoms with van der Waals surface area (Å²) in [7, 11) is 0. The zero-order chi connectivity index (χ0) is 19.3. The lowest BCUT2D eigenvalue weighted by molar-refractivity contribution is -0.106. The number of aryl methyl sites for hydroxylation is 1. The molecule has 150 valence electrons. The second-order valence-electron chi connectivity index (χ2n) is 7.67. The van der Waals surface area contributed by atoms with E-state index in [4.69, 9.17) is 14.5 Å². The largest absolute Gasteiger partial charge is 0.380 e. The maximum Gasteiger partial charge on any atom is 0.254 e. The maximum absolute atomic E-state index is 12.8. The molecule has 2 aliphatic rings. The van der Waals surface area contributed by atoms with Crippen molar-refractivity contribution in [3.63, 3.8) is 0 Å².